The van der Waals surface area contributed by atoms with Crippen molar-refractivity contribution >= 4 is 11.3 Å². The summed E-state index contributed by atoms with van der Waals surface area (Å²) in [5.41, 5.74) is 1.54. The smallest absolute Gasteiger partial charge is 0.0417 e. The lowest BCUT2D eigenvalue weighted by Gasteiger charge is -2.18. The second-order valence-electron chi connectivity index (χ2n) is 4.31. The monoisotopic (exact) mass is 239 g/mol. The van der Waals surface area contributed by atoms with Crippen LogP contribution in [0, 0.1) is 0 Å². The Hall–Kier alpha value is -0.340. The van der Waals surface area contributed by atoms with E-state index in [1.54, 1.807) is 4.88 Å². The third kappa shape index (κ3) is 3.91. The van der Waals surface area contributed by atoms with E-state index in [2.05, 4.69) is 37.5 Å². The van der Waals surface area contributed by atoms with Crippen molar-refractivity contribution in [1.82, 2.24) is 5.32 Å². The highest BCUT2D eigenvalue weighted by molar-refractivity contribution is 7.10. The van der Waals surface area contributed by atoms with Crippen molar-refractivity contribution in [2.24, 2.45) is 0 Å². The molecule has 0 bridgehead atoms. The molecule has 0 saturated carbocycles. The minimum atomic E-state index is 0.592. The first kappa shape index (κ1) is 13.7. The van der Waals surface area contributed by atoms with Crippen molar-refractivity contribution in [2.45, 2.75) is 58.9 Å². The molecule has 16 heavy (non-hydrogen) atoms. The van der Waals surface area contributed by atoms with E-state index in [1.807, 2.05) is 11.3 Å². The topological polar surface area (TPSA) is 12.0 Å². The van der Waals surface area contributed by atoms with Crippen molar-refractivity contribution in [3.05, 3.63) is 21.9 Å². The second-order valence-corrected chi connectivity index (χ2v) is 5.26. The third-order valence-corrected chi connectivity index (χ3v) is 4.04. The molecule has 2 heteroatoms. The normalized spacial score (nSPS) is 12.9. The minimum Gasteiger partial charge on any atom is -0.309 e. The fourth-order valence-electron chi connectivity index (χ4n) is 2.00. The highest BCUT2D eigenvalue weighted by Crippen LogP contribution is 2.28. The average Bonchev–Trinajstić information content (AvgIpc) is 2.77. The Kier molecular flexibility index (Phi) is 6.74. The first-order valence-electron chi connectivity index (χ1n) is 6.63. The molecule has 1 atom stereocenters. The molecule has 0 aromatic carbocycles. The van der Waals surface area contributed by atoms with E-state index in [0.717, 1.165) is 13.0 Å². The maximum absolute atomic E-state index is 3.69. The molecule has 1 nitrogen and oxygen atoms in total. The fraction of sp³-hybridized carbons (Fsp3) is 0.714. The van der Waals surface area contributed by atoms with Crippen LogP contribution < -0.4 is 5.32 Å². The van der Waals surface area contributed by atoms with Gasteiger partial charge in [0.15, 0.2) is 0 Å². The van der Waals surface area contributed by atoms with Gasteiger partial charge in [0.1, 0.15) is 0 Å². The van der Waals surface area contributed by atoms with Crippen LogP contribution in [0.2, 0.25) is 0 Å². The van der Waals surface area contributed by atoms with E-state index >= 15 is 0 Å². The van der Waals surface area contributed by atoms with E-state index < -0.39 is 0 Å². The Labute approximate surface area is 104 Å². The largest absolute Gasteiger partial charge is 0.309 e. The van der Waals surface area contributed by atoms with Crippen LogP contribution in [0.3, 0.4) is 0 Å². The van der Waals surface area contributed by atoms with Crippen molar-refractivity contribution in [1.29, 1.82) is 0 Å². The van der Waals surface area contributed by atoms with Gasteiger partial charge in [-0.1, -0.05) is 33.6 Å². The predicted molar refractivity (Wildman–Crippen MR) is 74.3 cm³/mol. The van der Waals surface area contributed by atoms with Gasteiger partial charge in [-0.15, -0.1) is 11.3 Å². The molecule has 0 spiro atoms. The first-order valence-corrected chi connectivity index (χ1v) is 7.51. The fourth-order valence-corrected chi connectivity index (χ4v) is 3.11. The first-order chi connectivity index (χ1) is 7.83. The zero-order chi connectivity index (χ0) is 11.8. The molecule has 1 aromatic rings. The molecule has 0 fully saturated rings. The van der Waals surface area contributed by atoms with Crippen LogP contribution in [0.1, 0.15) is 62.9 Å². The molecule has 1 heterocycles. The minimum absolute atomic E-state index is 0.592. The van der Waals surface area contributed by atoms with E-state index in [0.29, 0.717) is 6.04 Å². The highest BCUT2D eigenvalue weighted by Gasteiger charge is 2.14. The highest BCUT2D eigenvalue weighted by atomic mass is 32.1. The summed E-state index contributed by atoms with van der Waals surface area (Å²) < 4.78 is 0. The summed E-state index contributed by atoms with van der Waals surface area (Å²) in [7, 11) is 0. The average molecular weight is 239 g/mol. The van der Waals surface area contributed by atoms with Crippen LogP contribution in [0.25, 0.3) is 0 Å². The quantitative estimate of drug-likeness (QED) is 0.702. The number of hydrogen-bond donors (Lipinski definition) is 1. The van der Waals surface area contributed by atoms with Gasteiger partial charge in [0.2, 0.25) is 0 Å². The van der Waals surface area contributed by atoms with Crippen LogP contribution in [-0.4, -0.2) is 6.54 Å². The van der Waals surface area contributed by atoms with Crippen LogP contribution in [-0.2, 0) is 6.42 Å². The lowest BCUT2D eigenvalue weighted by Crippen LogP contribution is -2.22. The standard InChI is InChI=1S/C14H25NS/c1-4-7-8-13(15-10-5-2)14-12(6-3)9-11-16-14/h9,11,13,15H,4-8,10H2,1-3H3. The maximum atomic E-state index is 3.69. The number of aryl methyl sites for hydroxylation is 1. The van der Waals surface area contributed by atoms with E-state index in [1.165, 1.54) is 31.2 Å². The van der Waals surface area contributed by atoms with Gasteiger partial charge < -0.3 is 5.32 Å². The lowest BCUT2D eigenvalue weighted by molar-refractivity contribution is 0.485. The van der Waals surface area contributed by atoms with Gasteiger partial charge in [-0.2, -0.15) is 0 Å². The van der Waals surface area contributed by atoms with Gasteiger partial charge >= 0.3 is 0 Å². The zero-order valence-corrected chi connectivity index (χ0v) is 11.7. The molecule has 0 aliphatic rings. The maximum Gasteiger partial charge on any atom is 0.0417 e. The molecule has 1 rings (SSSR count). The summed E-state index contributed by atoms with van der Waals surface area (Å²) in [6.45, 7) is 7.89. The van der Waals surface area contributed by atoms with E-state index in [4.69, 9.17) is 0 Å². The summed E-state index contributed by atoms with van der Waals surface area (Å²) in [6, 6.07) is 2.88. The third-order valence-electron chi connectivity index (χ3n) is 2.97. The SMILES string of the molecule is CCCCC(NCCC)c1sccc1CC. The van der Waals surface area contributed by atoms with Crippen molar-refractivity contribution in [2.75, 3.05) is 6.54 Å². The molecule has 92 valence electrons. The molecular formula is C14H25NS. The summed E-state index contributed by atoms with van der Waals surface area (Å²) >= 11 is 1.92. The van der Waals surface area contributed by atoms with Gasteiger partial charge in [0.05, 0.1) is 0 Å². The van der Waals surface area contributed by atoms with Crippen LogP contribution in [0.15, 0.2) is 11.4 Å². The van der Waals surface area contributed by atoms with E-state index in [9.17, 15) is 0 Å². The molecule has 1 unspecified atom stereocenters. The molecule has 0 saturated heterocycles. The number of thiophene rings is 1. The summed E-state index contributed by atoms with van der Waals surface area (Å²) in [5, 5.41) is 5.93. The number of hydrogen-bond acceptors (Lipinski definition) is 2. The molecule has 1 N–H and O–H groups in total. The Morgan fingerprint density at radius 2 is 2.06 bits per heavy atom. The number of nitrogens with one attached hydrogen (secondary N) is 1. The Morgan fingerprint density at radius 1 is 1.25 bits per heavy atom. The van der Waals surface area contributed by atoms with Gasteiger partial charge in [-0.05, 0) is 42.8 Å². The summed E-state index contributed by atoms with van der Waals surface area (Å²) in [4.78, 5) is 1.57. The molecule has 0 aliphatic carbocycles. The van der Waals surface area contributed by atoms with Gasteiger partial charge in [0, 0.05) is 10.9 Å². The Morgan fingerprint density at radius 3 is 2.69 bits per heavy atom. The van der Waals surface area contributed by atoms with E-state index in [-0.39, 0.29) is 0 Å². The molecule has 0 amide bonds. The van der Waals surface area contributed by atoms with Crippen molar-refractivity contribution in [3.63, 3.8) is 0 Å². The molecule has 0 aliphatic heterocycles. The molecule has 0 radical (unpaired) electrons. The summed E-state index contributed by atoms with van der Waals surface area (Å²) in [6.07, 6.45) is 6.27. The van der Waals surface area contributed by atoms with Crippen LogP contribution in [0.5, 0.6) is 0 Å². The van der Waals surface area contributed by atoms with Crippen LogP contribution in [0.4, 0.5) is 0 Å². The second kappa shape index (κ2) is 7.86. The van der Waals surface area contributed by atoms with Gasteiger partial charge in [0.25, 0.3) is 0 Å². The Balaban J connectivity index is 2.66. The lowest BCUT2D eigenvalue weighted by atomic mass is 10.0. The van der Waals surface area contributed by atoms with Crippen LogP contribution >= 0.6 is 11.3 Å². The summed E-state index contributed by atoms with van der Waals surface area (Å²) in [5.74, 6) is 0. The number of rotatable bonds is 8. The van der Waals surface area contributed by atoms with Crippen molar-refractivity contribution in [3.8, 4) is 0 Å². The molecule has 1 aromatic heterocycles. The van der Waals surface area contributed by atoms with Gasteiger partial charge in [-0.3, -0.25) is 0 Å². The van der Waals surface area contributed by atoms with Crippen molar-refractivity contribution < 1.29 is 0 Å². The Bertz CT molecular complexity index is 272. The molecular weight excluding hydrogens is 214 g/mol. The zero-order valence-electron chi connectivity index (χ0n) is 10.9. The number of unbranched alkanes of at least 4 members (excludes halogenated alkanes) is 1. The van der Waals surface area contributed by atoms with Gasteiger partial charge in [-0.25, -0.2) is 0 Å². The predicted octanol–water partition coefficient (Wildman–Crippen LogP) is 4.54.